The van der Waals surface area contributed by atoms with Crippen molar-refractivity contribution in [3.05, 3.63) is 265 Å². The van der Waals surface area contributed by atoms with E-state index >= 15 is 0 Å². The van der Waals surface area contributed by atoms with Crippen molar-refractivity contribution < 1.29 is 38.9 Å². The predicted octanol–water partition coefficient (Wildman–Crippen LogP) is 12.1. The van der Waals surface area contributed by atoms with Crippen LogP contribution >= 0.6 is 34.8 Å². The van der Waals surface area contributed by atoms with Crippen LogP contribution in [0.25, 0.3) is 0 Å². The summed E-state index contributed by atoms with van der Waals surface area (Å²) in [5.74, 6) is 0.754. The van der Waals surface area contributed by atoms with Crippen molar-refractivity contribution >= 4 is 58.4 Å². The number of benzene rings is 8. The molecule has 0 spiro atoms. The zero-order chi connectivity index (χ0) is 51.0. The molecule has 2 aliphatic rings. The number of nitrogens with zero attached hydrogens (tertiary/aromatic N) is 2. The summed E-state index contributed by atoms with van der Waals surface area (Å²) in [6.07, 6.45) is 0. The van der Waals surface area contributed by atoms with Crippen LogP contribution in [-0.2, 0) is 39.5 Å². The summed E-state index contributed by atoms with van der Waals surface area (Å²) in [6, 6.07) is 57.6. The number of phenolic OH excluding ortho intramolecular Hbond substituents is 1. The van der Waals surface area contributed by atoms with Crippen molar-refractivity contribution in [2.24, 2.45) is 5.73 Å². The van der Waals surface area contributed by atoms with Crippen LogP contribution < -0.4 is 15.2 Å². The Balaban J connectivity index is 0.000000150. The lowest BCUT2D eigenvalue weighted by molar-refractivity contribution is 0.0627. The van der Waals surface area contributed by atoms with Gasteiger partial charge >= 0.3 is 0 Å². The number of aliphatic hydroxyl groups is 1. The Morgan fingerprint density at radius 3 is 1.08 bits per heavy atom. The summed E-state index contributed by atoms with van der Waals surface area (Å²) in [5, 5.41) is 19.8. The first-order valence-corrected chi connectivity index (χ1v) is 23.7. The Labute approximate surface area is 432 Å². The molecule has 2 aliphatic heterocycles. The normalized spacial score (nSPS) is 12.1. The van der Waals surface area contributed by atoms with E-state index in [1.165, 1.54) is 9.80 Å². The van der Waals surface area contributed by atoms with Gasteiger partial charge in [-0.05, 0) is 130 Å². The average molecular weight is 1020 g/mol. The van der Waals surface area contributed by atoms with Crippen molar-refractivity contribution in [3.63, 3.8) is 0 Å². The van der Waals surface area contributed by atoms with Crippen LogP contribution in [0.1, 0.15) is 74.8 Å². The molecule has 10 rings (SSSR count). The Morgan fingerprint density at radius 1 is 0.403 bits per heavy atom. The molecule has 0 saturated carbocycles. The molecule has 0 aromatic heterocycles. The number of amides is 4. The van der Waals surface area contributed by atoms with Crippen LogP contribution in [0.2, 0.25) is 15.1 Å². The van der Waals surface area contributed by atoms with Gasteiger partial charge in [-0.25, -0.2) is 0 Å². The second-order valence-electron chi connectivity index (χ2n) is 16.3. The fourth-order valence-electron chi connectivity index (χ4n) is 7.46. The summed E-state index contributed by atoms with van der Waals surface area (Å²) in [4.78, 5) is 52.0. The highest BCUT2D eigenvalue weighted by atomic mass is 35.5. The van der Waals surface area contributed by atoms with E-state index in [1.807, 2.05) is 84.9 Å². The maximum atomic E-state index is 12.5. The second-order valence-corrected chi connectivity index (χ2v) is 17.6. The third kappa shape index (κ3) is 14.2. The first-order valence-electron chi connectivity index (χ1n) is 22.5. The van der Waals surface area contributed by atoms with E-state index in [-0.39, 0.29) is 49.1 Å². The molecule has 2 heterocycles. The summed E-state index contributed by atoms with van der Waals surface area (Å²) in [6.45, 7) is 1.87. The number of hydrogen-bond donors (Lipinski definition) is 3. The van der Waals surface area contributed by atoms with Crippen LogP contribution in [0.4, 0.5) is 0 Å². The van der Waals surface area contributed by atoms with Crippen molar-refractivity contribution in [2.75, 3.05) is 0 Å². The fourth-order valence-corrected chi connectivity index (χ4v) is 7.84. The molecule has 8 aromatic carbocycles. The Hall–Kier alpha value is -7.77. The lowest BCUT2D eigenvalue weighted by Gasteiger charge is -2.15. The Morgan fingerprint density at radius 2 is 0.722 bits per heavy atom. The predicted molar refractivity (Wildman–Crippen MR) is 279 cm³/mol. The SMILES string of the molecule is NCc1cccc(COc2ccc(Cl)cc2)c1.O=C1c2ccccc2C(=O)N1Cc1cccc(CO)c1.O=C1c2ccccc2C(=O)N1Cc1cccc(COc2ccc(Cl)cc2)c1.Oc1ccc(Cl)cc1. The minimum atomic E-state index is -0.264. The third-order valence-corrected chi connectivity index (χ3v) is 11.9. The molecule has 0 bridgehead atoms. The molecule has 0 radical (unpaired) electrons. The van der Waals surface area contributed by atoms with Crippen LogP contribution in [-0.4, -0.2) is 43.6 Å². The number of fused-ring (bicyclic) bond motifs is 2. The molecule has 0 saturated heterocycles. The second kappa shape index (κ2) is 25.4. The number of rotatable bonds is 12. The van der Waals surface area contributed by atoms with Crippen molar-refractivity contribution in [2.45, 2.75) is 39.5 Å². The zero-order valence-electron chi connectivity index (χ0n) is 38.7. The lowest BCUT2D eigenvalue weighted by atomic mass is 10.1. The molecule has 364 valence electrons. The smallest absolute Gasteiger partial charge is 0.261 e. The minimum absolute atomic E-state index is 0.0596. The van der Waals surface area contributed by atoms with Gasteiger partial charge in [-0.15, -0.1) is 0 Å². The summed E-state index contributed by atoms with van der Waals surface area (Å²) < 4.78 is 11.4. The molecule has 72 heavy (non-hydrogen) atoms. The highest BCUT2D eigenvalue weighted by Gasteiger charge is 2.36. The van der Waals surface area contributed by atoms with E-state index in [0.29, 0.717) is 57.1 Å². The zero-order valence-corrected chi connectivity index (χ0v) is 40.9. The molecule has 14 heteroatoms. The molecule has 8 aromatic rings. The highest BCUT2D eigenvalue weighted by molar-refractivity contribution is 6.31. The topological polar surface area (TPSA) is 160 Å². The van der Waals surface area contributed by atoms with E-state index in [1.54, 1.807) is 103 Å². The maximum Gasteiger partial charge on any atom is 0.261 e. The van der Waals surface area contributed by atoms with Gasteiger partial charge in [-0.2, -0.15) is 0 Å². The van der Waals surface area contributed by atoms with Gasteiger partial charge in [-0.1, -0.05) is 132 Å². The summed E-state index contributed by atoms with van der Waals surface area (Å²) in [5.41, 5.74) is 13.1. The van der Waals surface area contributed by atoms with E-state index in [2.05, 4.69) is 6.07 Å². The van der Waals surface area contributed by atoms with Crippen LogP contribution in [0, 0.1) is 0 Å². The van der Waals surface area contributed by atoms with Gasteiger partial charge in [0.25, 0.3) is 23.6 Å². The van der Waals surface area contributed by atoms with Gasteiger partial charge in [0.2, 0.25) is 0 Å². The largest absolute Gasteiger partial charge is 0.508 e. The molecule has 0 atom stereocenters. The number of carbonyl (C=O) groups is 4. The van der Waals surface area contributed by atoms with Gasteiger partial charge in [0.15, 0.2) is 0 Å². The standard InChI is InChI=1S/C22H16ClNO3.C16H13NO3.C14H14ClNO.C6H5ClO/c23-17-8-10-18(11-9-17)27-14-16-5-3-4-15(12-16)13-24-21(25)19-6-1-2-7-20(19)22(24)26;18-10-12-5-3-4-11(8-12)9-17-15(19)13-6-1-2-7-14(13)16(17)20;15-13-4-6-14(7-5-13)17-10-12-3-1-2-11(8-12)9-16;7-5-1-3-6(8)4-2-5/h1-12H,13-14H2;1-8,18H,9-10H2;1-8H,9-10,16H2;1-4,8H. The van der Waals surface area contributed by atoms with Gasteiger partial charge in [-0.3, -0.25) is 29.0 Å². The van der Waals surface area contributed by atoms with Crippen molar-refractivity contribution in [1.82, 2.24) is 9.80 Å². The van der Waals surface area contributed by atoms with Gasteiger partial charge in [0.05, 0.1) is 42.0 Å². The third-order valence-electron chi connectivity index (χ3n) is 11.1. The first kappa shape index (κ1) is 52.1. The summed E-state index contributed by atoms with van der Waals surface area (Å²) in [7, 11) is 0. The molecule has 0 fully saturated rings. The van der Waals surface area contributed by atoms with Crippen molar-refractivity contribution in [3.8, 4) is 17.2 Å². The molecular formula is C58H48Cl3N3O8. The molecular weight excluding hydrogens is 973 g/mol. The van der Waals surface area contributed by atoms with Crippen LogP contribution in [0.15, 0.2) is 194 Å². The number of aliphatic hydroxyl groups excluding tert-OH is 1. The van der Waals surface area contributed by atoms with Crippen molar-refractivity contribution in [1.29, 1.82) is 0 Å². The number of aromatic hydroxyl groups is 1. The maximum absolute atomic E-state index is 12.5. The van der Waals surface area contributed by atoms with E-state index in [0.717, 1.165) is 44.9 Å². The van der Waals surface area contributed by atoms with Gasteiger partial charge in [0, 0.05) is 21.6 Å². The number of hydrogen-bond acceptors (Lipinski definition) is 9. The van der Waals surface area contributed by atoms with E-state index in [4.69, 9.17) is 60.2 Å². The molecule has 4 amide bonds. The monoisotopic (exact) mass is 1020 g/mol. The fraction of sp³-hybridized carbons (Fsp3) is 0.103. The first-order chi connectivity index (χ1) is 34.9. The number of ether oxygens (including phenoxy) is 2. The van der Waals surface area contributed by atoms with Gasteiger partial charge < -0.3 is 25.4 Å². The van der Waals surface area contributed by atoms with E-state index < -0.39 is 0 Å². The van der Waals surface area contributed by atoms with Gasteiger partial charge in [0.1, 0.15) is 30.5 Å². The number of nitrogens with two attached hydrogens (primary N) is 1. The lowest BCUT2D eigenvalue weighted by Crippen LogP contribution is -2.29. The summed E-state index contributed by atoms with van der Waals surface area (Å²) >= 11 is 17.2. The number of carbonyl (C=O) groups excluding carboxylic acids is 4. The van der Waals surface area contributed by atoms with Crippen LogP contribution in [0.3, 0.4) is 0 Å². The number of halogens is 3. The van der Waals surface area contributed by atoms with E-state index in [9.17, 15) is 19.2 Å². The minimum Gasteiger partial charge on any atom is -0.508 e. The number of phenols is 1. The quantitative estimate of drug-likeness (QED) is 0.101. The molecule has 11 nitrogen and oxygen atoms in total. The Bertz CT molecular complexity index is 3060. The number of imide groups is 2. The Kier molecular flexibility index (Phi) is 18.4. The molecule has 0 unspecified atom stereocenters. The molecule has 4 N–H and O–H groups in total. The highest BCUT2D eigenvalue weighted by Crippen LogP contribution is 2.27. The van der Waals surface area contributed by atoms with Crippen LogP contribution in [0.5, 0.6) is 17.2 Å². The molecule has 0 aliphatic carbocycles. The average Bonchev–Trinajstić information content (AvgIpc) is 3.79.